The highest BCUT2D eigenvalue weighted by molar-refractivity contribution is 5.76. The predicted octanol–water partition coefficient (Wildman–Crippen LogP) is 3.70. The normalized spacial score (nSPS) is 15.4. The smallest absolute Gasteiger partial charge is 0.338 e. The number of carboxylic acid groups (broad SMARTS) is 1. The summed E-state index contributed by atoms with van der Waals surface area (Å²) in [6, 6.07) is 2.02. The zero-order valence-electron chi connectivity index (χ0n) is 15.9. The first-order chi connectivity index (χ1) is 12.2. The second kappa shape index (κ2) is 12.0. The molecule has 0 bridgehead atoms. The van der Waals surface area contributed by atoms with Gasteiger partial charge in [-0.05, 0) is 19.8 Å². The minimum absolute atomic E-state index is 0.00902. The zero-order valence-corrected chi connectivity index (χ0v) is 15.9. The van der Waals surface area contributed by atoms with E-state index in [1.165, 1.54) is 6.92 Å². The molecule has 8 heteroatoms. The molecule has 1 amide bonds. The van der Waals surface area contributed by atoms with E-state index in [9.17, 15) is 14.9 Å². The van der Waals surface area contributed by atoms with Crippen LogP contribution in [0, 0.1) is 17.9 Å². The number of amides is 1. The highest BCUT2D eigenvalue weighted by atomic mass is 16.4. The van der Waals surface area contributed by atoms with E-state index in [1.807, 2.05) is 6.07 Å². The fourth-order valence-electron chi connectivity index (χ4n) is 2.04. The summed E-state index contributed by atoms with van der Waals surface area (Å²) in [7, 11) is 0. The van der Waals surface area contributed by atoms with Crippen LogP contribution in [0.4, 0.5) is 0 Å². The number of carboxylic acids is 1. The van der Waals surface area contributed by atoms with Crippen molar-refractivity contribution in [3.05, 3.63) is 11.4 Å². The summed E-state index contributed by atoms with van der Waals surface area (Å²) >= 11 is 0. The van der Waals surface area contributed by atoms with Crippen LogP contribution in [0.1, 0.15) is 72.1 Å². The Balaban J connectivity index is 4.58. The van der Waals surface area contributed by atoms with Crippen LogP contribution in [0.25, 0.3) is 4.85 Å². The number of nitriles is 1. The van der Waals surface area contributed by atoms with Crippen molar-refractivity contribution in [3.8, 4) is 6.07 Å². The quantitative estimate of drug-likeness (QED) is 0.294. The molecule has 0 rings (SSSR count). The summed E-state index contributed by atoms with van der Waals surface area (Å²) in [5.41, 5.74) is -2.55. The monoisotopic (exact) mass is 363 g/mol. The molecule has 0 radical (unpaired) electrons. The summed E-state index contributed by atoms with van der Waals surface area (Å²) in [6.45, 7) is 13.0. The van der Waals surface area contributed by atoms with E-state index >= 15 is 0 Å². The number of unbranched alkanes of at least 4 members (excludes halogenated alkanes) is 3. The van der Waals surface area contributed by atoms with Gasteiger partial charge in [-0.2, -0.15) is 10.4 Å². The van der Waals surface area contributed by atoms with Crippen LogP contribution >= 0.6 is 0 Å². The summed E-state index contributed by atoms with van der Waals surface area (Å²) in [5, 5.41) is 28.8. The summed E-state index contributed by atoms with van der Waals surface area (Å²) in [6.07, 6.45) is 4.41. The van der Waals surface area contributed by atoms with E-state index in [1.54, 1.807) is 6.92 Å². The molecule has 0 aliphatic carbocycles. The van der Waals surface area contributed by atoms with E-state index in [0.717, 1.165) is 25.7 Å². The van der Waals surface area contributed by atoms with Crippen molar-refractivity contribution < 1.29 is 14.7 Å². The van der Waals surface area contributed by atoms with Gasteiger partial charge in [-0.3, -0.25) is 14.4 Å². The third kappa shape index (κ3) is 10.4. The van der Waals surface area contributed by atoms with E-state index in [2.05, 4.69) is 27.3 Å². The van der Waals surface area contributed by atoms with Gasteiger partial charge in [-0.1, -0.05) is 26.2 Å². The van der Waals surface area contributed by atoms with Crippen LogP contribution in [-0.4, -0.2) is 34.7 Å². The highest BCUT2D eigenvalue weighted by Gasteiger charge is 2.33. The van der Waals surface area contributed by atoms with E-state index in [-0.39, 0.29) is 31.6 Å². The van der Waals surface area contributed by atoms with Crippen molar-refractivity contribution in [1.82, 2.24) is 5.32 Å². The lowest BCUT2D eigenvalue weighted by Gasteiger charge is -2.17. The Morgan fingerprint density at radius 2 is 1.88 bits per heavy atom. The number of rotatable bonds is 13. The topological polar surface area (TPSA) is 119 Å². The van der Waals surface area contributed by atoms with E-state index in [4.69, 9.17) is 11.7 Å². The fourth-order valence-corrected chi connectivity index (χ4v) is 2.04. The molecule has 0 aliphatic heterocycles. The fraction of sp³-hybridized carbons (Fsp3) is 0.778. The number of hydrogen-bond acceptors (Lipinski definition) is 5. The predicted molar refractivity (Wildman–Crippen MR) is 97.1 cm³/mol. The number of carbonyl (C=O) groups is 2. The zero-order chi connectivity index (χ0) is 20.1. The summed E-state index contributed by atoms with van der Waals surface area (Å²) in [5.74, 6) is -1.16. The third-order valence-corrected chi connectivity index (χ3v) is 3.97. The molecule has 0 saturated heterocycles. The first-order valence-corrected chi connectivity index (χ1v) is 8.92. The highest BCUT2D eigenvalue weighted by Crippen LogP contribution is 2.24. The van der Waals surface area contributed by atoms with Gasteiger partial charge >= 0.3 is 11.6 Å². The summed E-state index contributed by atoms with van der Waals surface area (Å²) < 4.78 is 0. The van der Waals surface area contributed by atoms with Crippen LogP contribution < -0.4 is 5.32 Å². The Bertz CT molecular complexity index is 578. The van der Waals surface area contributed by atoms with Crippen LogP contribution in [0.2, 0.25) is 0 Å². The van der Waals surface area contributed by atoms with Crippen LogP contribution in [0.5, 0.6) is 0 Å². The van der Waals surface area contributed by atoms with Gasteiger partial charge < -0.3 is 10.4 Å². The molecule has 0 aromatic carbocycles. The lowest BCUT2D eigenvalue weighted by Crippen LogP contribution is -2.28. The molecule has 0 saturated carbocycles. The molecule has 8 nitrogen and oxygen atoms in total. The lowest BCUT2D eigenvalue weighted by atomic mass is 9.98. The van der Waals surface area contributed by atoms with E-state index < -0.39 is 17.2 Å². The minimum Gasteiger partial charge on any atom is -0.481 e. The molecule has 0 aromatic heterocycles. The lowest BCUT2D eigenvalue weighted by molar-refractivity contribution is -0.137. The maximum absolute atomic E-state index is 11.9. The van der Waals surface area contributed by atoms with Gasteiger partial charge in [0.2, 0.25) is 5.91 Å². The molecule has 0 spiro atoms. The largest absolute Gasteiger partial charge is 0.481 e. The molecular weight excluding hydrogens is 334 g/mol. The van der Waals surface area contributed by atoms with Crippen LogP contribution in [-0.2, 0) is 9.59 Å². The number of carbonyl (C=O) groups excluding carboxylic acids is 1. The average Bonchev–Trinajstić information content (AvgIpc) is 2.63. The molecule has 2 unspecified atom stereocenters. The van der Waals surface area contributed by atoms with Crippen LogP contribution in [0.3, 0.4) is 0 Å². The molecule has 0 heterocycles. The Hall–Kier alpha value is -2.48. The number of hydrogen-bond donors (Lipinski definition) is 2. The Morgan fingerprint density at radius 1 is 1.19 bits per heavy atom. The maximum atomic E-state index is 11.9. The Labute approximate surface area is 155 Å². The molecule has 2 atom stereocenters. The molecular formula is C18H29N5O3. The van der Waals surface area contributed by atoms with Gasteiger partial charge in [0.05, 0.1) is 18.9 Å². The van der Waals surface area contributed by atoms with Gasteiger partial charge in [0.15, 0.2) is 5.54 Å². The Kier molecular flexibility index (Phi) is 10.8. The summed E-state index contributed by atoms with van der Waals surface area (Å²) in [4.78, 5) is 25.9. The third-order valence-electron chi connectivity index (χ3n) is 3.97. The maximum Gasteiger partial charge on any atom is 0.338 e. The minimum atomic E-state index is -1.32. The second-order valence-electron chi connectivity index (χ2n) is 6.72. The first-order valence-electron chi connectivity index (χ1n) is 8.92. The number of aliphatic carboxylic acids is 1. The van der Waals surface area contributed by atoms with Crippen molar-refractivity contribution in [3.63, 3.8) is 0 Å². The van der Waals surface area contributed by atoms with Crippen molar-refractivity contribution in [2.24, 2.45) is 10.2 Å². The molecule has 0 fully saturated rings. The number of nitrogens with one attached hydrogen (secondary N) is 1. The molecule has 0 aromatic rings. The van der Waals surface area contributed by atoms with Gasteiger partial charge in [-0.15, -0.1) is 5.11 Å². The van der Waals surface area contributed by atoms with Crippen molar-refractivity contribution >= 4 is 11.9 Å². The van der Waals surface area contributed by atoms with E-state index in [0.29, 0.717) is 6.54 Å². The van der Waals surface area contributed by atoms with Gasteiger partial charge in [0.25, 0.3) is 0 Å². The van der Waals surface area contributed by atoms with Crippen molar-refractivity contribution in [2.45, 2.75) is 83.3 Å². The van der Waals surface area contributed by atoms with Gasteiger partial charge in [-0.25, -0.2) is 6.57 Å². The Morgan fingerprint density at radius 3 is 2.42 bits per heavy atom. The number of nitrogens with zero attached hydrogens (tertiary/aromatic N) is 4. The molecule has 2 N–H and O–H groups in total. The molecule has 26 heavy (non-hydrogen) atoms. The molecule has 0 aliphatic rings. The van der Waals surface area contributed by atoms with Gasteiger partial charge in [0, 0.05) is 19.9 Å². The van der Waals surface area contributed by atoms with Crippen LogP contribution in [0.15, 0.2) is 10.2 Å². The van der Waals surface area contributed by atoms with Crippen molar-refractivity contribution in [1.29, 1.82) is 5.26 Å². The standard InChI is InChI=1S/C18H29N5O3/c1-5-6-7-8-13-21-15(24)9-11-17(2,14-19)22-23-18(3,20-4)12-10-16(25)26/h5-13H2,1-3H3,(H,21,24)(H,25,26). The van der Waals surface area contributed by atoms with Gasteiger partial charge in [0.1, 0.15) is 0 Å². The SMILES string of the molecule is [C-]#[N+]C(C)(CCC(=O)O)N=NC(C)(C#N)CCC(=O)NCCCCCC. The van der Waals surface area contributed by atoms with Crippen molar-refractivity contribution in [2.75, 3.05) is 6.54 Å². The second-order valence-corrected chi connectivity index (χ2v) is 6.72. The number of azo groups is 1. The average molecular weight is 363 g/mol. The molecule has 144 valence electrons. The first kappa shape index (κ1) is 23.5.